The molecule has 3 nitrogen and oxygen atoms in total. The minimum Gasteiger partial charge on any atom is -0.387 e. The summed E-state index contributed by atoms with van der Waals surface area (Å²) in [6.07, 6.45) is 2.35. The zero-order chi connectivity index (χ0) is 13.1. The molecule has 1 amide bonds. The number of likely N-dealkylation sites (tertiary alicyclic amines) is 1. The van der Waals surface area contributed by atoms with Crippen LogP contribution in [0.4, 0.5) is 5.69 Å². The Morgan fingerprint density at radius 3 is 2.89 bits per heavy atom. The van der Waals surface area contributed by atoms with Crippen molar-refractivity contribution in [3.8, 4) is 0 Å². The molecule has 1 saturated heterocycles. The maximum Gasteiger partial charge on any atom is 0.255 e. The first-order valence-electron chi connectivity index (χ1n) is 6.69. The van der Waals surface area contributed by atoms with Gasteiger partial charge in [0.15, 0.2) is 0 Å². The molecule has 98 valence electrons. The van der Waals surface area contributed by atoms with Crippen LogP contribution in [0.5, 0.6) is 0 Å². The predicted molar refractivity (Wildman–Crippen MR) is 75.0 cm³/mol. The van der Waals surface area contributed by atoms with Gasteiger partial charge in [-0.05, 0) is 43.4 Å². The van der Waals surface area contributed by atoms with Crippen molar-refractivity contribution in [3.05, 3.63) is 29.3 Å². The van der Waals surface area contributed by atoms with E-state index in [0.717, 1.165) is 30.8 Å². The fraction of sp³-hybridized carbons (Fsp3) is 0.533. The van der Waals surface area contributed by atoms with Gasteiger partial charge in [-0.1, -0.05) is 13.0 Å². The number of carbonyl (C=O) groups is 1. The maximum atomic E-state index is 12.5. The van der Waals surface area contributed by atoms with E-state index < -0.39 is 0 Å². The van der Waals surface area contributed by atoms with Gasteiger partial charge in [-0.3, -0.25) is 4.79 Å². The van der Waals surface area contributed by atoms with E-state index in [4.69, 9.17) is 0 Å². The highest BCUT2D eigenvalue weighted by molar-refractivity contribution is 5.99. The van der Waals surface area contributed by atoms with Gasteiger partial charge in [0.1, 0.15) is 0 Å². The van der Waals surface area contributed by atoms with Crippen LogP contribution in [0, 0.1) is 12.8 Å². The van der Waals surface area contributed by atoms with Gasteiger partial charge in [-0.2, -0.15) is 0 Å². The lowest BCUT2D eigenvalue weighted by atomic mass is 9.99. The van der Waals surface area contributed by atoms with E-state index in [9.17, 15) is 4.79 Å². The molecule has 18 heavy (non-hydrogen) atoms. The molecule has 1 fully saturated rings. The summed E-state index contributed by atoms with van der Waals surface area (Å²) >= 11 is 0. The molecule has 0 saturated carbocycles. The van der Waals surface area contributed by atoms with Crippen LogP contribution >= 0.6 is 0 Å². The van der Waals surface area contributed by atoms with Gasteiger partial charge < -0.3 is 10.2 Å². The molecule has 0 radical (unpaired) electrons. The second-order valence-electron chi connectivity index (χ2n) is 5.30. The van der Waals surface area contributed by atoms with Crippen molar-refractivity contribution in [2.24, 2.45) is 5.92 Å². The van der Waals surface area contributed by atoms with Gasteiger partial charge in [-0.25, -0.2) is 0 Å². The standard InChI is InChI=1S/C15H22N2O/c1-11-6-7-13(14(9-11)16-3)15(18)17-8-4-5-12(2)10-17/h6-7,9,12,16H,4-5,8,10H2,1-3H3. The molecule has 3 heteroatoms. The van der Waals surface area contributed by atoms with E-state index >= 15 is 0 Å². The molecular weight excluding hydrogens is 224 g/mol. The molecule has 0 aromatic heterocycles. The summed E-state index contributed by atoms with van der Waals surface area (Å²) in [6.45, 7) is 6.03. The number of piperidine rings is 1. The summed E-state index contributed by atoms with van der Waals surface area (Å²) < 4.78 is 0. The Kier molecular flexibility index (Phi) is 3.90. The van der Waals surface area contributed by atoms with Crippen molar-refractivity contribution in [1.29, 1.82) is 0 Å². The van der Waals surface area contributed by atoms with Crippen LogP contribution in [-0.4, -0.2) is 30.9 Å². The van der Waals surface area contributed by atoms with Crippen molar-refractivity contribution >= 4 is 11.6 Å². The van der Waals surface area contributed by atoms with E-state index in [-0.39, 0.29) is 5.91 Å². The van der Waals surface area contributed by atoms with Gasteiger partial charge in [-0.15, -0.1) is 0 Å². The molecule has 0 spiro atoms. The Morgan fingerprint density at radius 2 is 2.22 bits per heavy atom. The molecule has 1 atom stereocenters. The van der Waals surface area contributed by atoms with Gasteiger partial charge in [0, 0.05) is 25.8 Å². The van der Waals surface area contributed by atoms with Crippen LogP contribution in [0.2, 0.25) is 0 Å². The van der Waals surface area contributed by atoms with E-state index in [2.05, 4.69) is 12.2 Å². The maximum absolute atomic E-state index is 12.5. The van der Waals surface area contributed by atoms with Gasteiger partial charge in [0.2, 0.25) is 0 Å². The number of hydrogen-bond acceptors (Lipinski definition) is 2. The van der Waals surface area contributed by atoms with Gasteiger partial charge in [0.05, 0.1) is 5.56 Å². The third kappa shape index (κ3) is 2.66. The Hall–Kier alpha value is -1.51. The third-order valence-electron chi connectivity index (χ3n) is 3.62. The quantitative estimate of drug-likeness (QED) is 0.870. The molecular formula is C15H22N2O. The highest BCUT2D eigenvalue weighted by Crippen LogP contribution is 2.22. The zero-order valence-electron chi connectivity index (χ0n) is 11.5. The number of benzene rings is 1. The SMILES string of the molecule is CNc1cc(C)ccc1C(=O)N1CCCC(C)C1. The minimum atomic E-state index is 0.158. The smallest absolute Gasteiger partial charge is 0.255 e. The summed E-state index contributed by atoms with van der Waals surface area (Å²) in [6, 6.07) is 5.96. The molecule has 0 bridgehead atoms. The van der Waals surface area contributed by atoms with Crippen molar-refractivity contribution in [1.82, 2.24) is 4.90 Å². The van der Waals surface area contributed by atoms with Crippen molar-refractivity contribution in [3.63, 3.8) is 0 Å². The van der Waals surface area contributed by atoms with E-state index in [0.29, 0.717) is 5.92 Å². The number of rotatable bonds is 2. The van der Waals surface area contributed by atoms with E-state index in [1.54, 1.807) is 0 Å². The van der Waals surface area contributed by atoms with Gasteiger partial charge >= 0.3 is 0 Å². The largest absolute Gasteiger partial charge is 0.387 e. The Morgan fingerprint density at radius 1 is 1.44 bits per heavy atom. The number of nitrogens with zero attached hydrogens (tertiary/aromatic N) is 1. The highest BCUT2D eigenvalue weighted by Gasteiger charge is 2.23. The van der Waals surface area contributed by atoms with Crippen LogP contribution in [0.1, 0.15) is 35.7 Å². The molecule has 2 rings (SSSR count). The summed E-state index contributed by atoms with van der Waals surface area (Å²) in [4.78, 5) is 14.5. The van der Waals surface area contributed by atoms with Crippen LogP contribution < -0.4 is 5.32 Å². The number of aryl methyl sites for hydroxylation is 1. The van der Waals surface area contributed by atoms with Crippen LogP contribution in [0.25, 0.3) is 0 Å². The Bertz CT molecular complexity index is 442. The lowest BCUT2D eigenvalue weighted by Crippen LogP contribution is -2.39. The molecule has 1 heterocycles. The number of carbonyl (C=O) groups excluding carboxylic acids is 1. The first-order chi connectivity index (χ1) is 8.61. The van der Waals surface area contributed by atoms with Crippen molar-refractivity contribution < 1.29 is 4.79 Å². The predicted octanol–water partition coefficient (Wildman–Crippen LogP) is 2.91. The van der Waals surface area contributed by atoms with E-state index in [1.807, 2.05) is 37.1 Å². The number of amides is 1. The van der Waals surface area contributed by atoms with Crippen molar-refractivity contribution in [2.45, 2.75) is 26.7 Å². The first-order valence-corrected chi connectivity index (χ1v) is 6.69. The lowest BCUT2D eigenvalue weighted by Gasteiger charge is -2.31. The third-order valence-corrected chi connectivity index (χ3v) is 3.62. The van der Waals surface area contributed by atoms with E-state index in [1.165, 1.54) is 12.0 Å². The Balaban J connectivity index is 2.22. The summed E-state index contributed by atoms with van der Waals surface area (Å²) in [7, 11) is 1.87. The van der Waals surface area contributed by atoms with Crippen LogP contribution in [-0.2, 0) is 0 Å². The topological polar surface area (TPSA) is 32.3 Å². The second-order valence-corrected chi connectivity index (χ2v) is 5.30. The molecule has 0 aliphatic carbocycles. The zero-order valence-corrected chi connectivity index (χ0v) is 11.5. The average molecular weight is 246 g/mol. The first kappa shape index (κ1) is 12.9. The summed E-state index contributed by atoms with van der Waals surface area (Å²) in [5.74, 6) is 0.775. The minimum absolute atomic E-state index is 0.158. The molecule has 1 aromatic carbocycles. The molecule has 1 aliphatic rings. The van der Waals surface area contributed by atoms with Crippen LogP contribution in [0.15, 0.2) is 18.2 Å². The highest BCUT2D eigenvalue weighted by atomic mass is 16.2. The second kappa shape index (κ2) is 5.42. The lowest BCUT2D eigenvalue weighted by molar-refractivity contribution is 0.0684. The monoisotopic (exact) mass is 246 g/mol. The number of anilines is 1. The Labute approximate surface area is 109 Å². The summed E-state index contributed by atoms with van der Waals surface area (Å²) in [5, 5.41) is 3.12. The van der Waals surface area contributed by atoms with Crippen LogP contribution in [0.3, 0.4) is 0 Å². The molecule has 1 N–H and O–H groups in total. The normalized spacial score (nSPS) is 19.7. The molecule has 1 aromatic rings. The average Bonchev–Trinajstić information content (AvgIpc) is 2.37. The van der Waals surface area contributed by atoms with Gasteiger partial charge in [0.25, 0.3) is 5.91 Å². The van der Waals surface area contributed by atoms with Crippen molar-refractivity contribution in [2.75, 3.05) is 25.5 Å². The number of hydrogen-bond donors (Lipinski definition) is 1. The fourth-order valence-electron chi connectivity index (χ4n) is 2.60. The number of nitrogens with one attached hydrogen (secondary N) is 1. The molecule has 1 aliphatic heterocycles. The summed E-state index contributed by atoms with van der Waals surface area (Å²) in [5.41, 5.74) is 2.89. The molecule has 1 unspecified atom stereocenters. The fourth-order valence-corrected chi connectivity index (χ4v) is 2.60.